The zero-order chi connectivity index (χ0) is 12.0. The maximum absolute atomic E-state index is 5.73. The molecule has 0 aromatic heterocycles. The second-order valence-electron chi connectivity index (χ2n) is 3.33. The molecule has 90 valence electrons. The predicted octanol–water partition coefficient (Wildman–Crippen LogP) is 5.45. The molecule has 0 amide bonds. The van der Waals surface area contributed by atoms with Crippen LogP contribution in [0.3, 0.4) is 0 Å². The zero-order valence-electron chi connectivity index (χ0n) is 8.68. The maximum Gasteiger partial charge on any atom is 0.147 e. The molecule has 0 saturated carbocycles. The molecule has 0 spiro atoms. The van der Waals surface area contributed by atoms with Gasteiger partial charge in [-0.05, 0) is 69.0 Å². The molecule has 16 heavy (non-hydrogen) atoms. The fraction of sp³-hybridized carbons (Fsp3) is 0.455. The summed E-state index contributed by atoms with van der Waals surface area (Å²) < 4.78 is 8.67. The number of unbranched alkanes of at least 4 members (excludes halogenated alkanes) is 2. The average Bonchev–Trinajstić information content (AvgIpc) is 2.20. The van der Waals surface area contributed by atoms with Crippen molar-refractivity contribution in [3.8, 4) is 5.75 Å². The topological polar surface area (TPSA) is 9.23 Å². The van der Waals surface area contributed by atoms with Crippen molar-refractivity contribution in [1.29, 1.82) is 0 Å². The fourth-order valence-electron chi connectivity index (χ4n) is 1.23. The van der Waals surface area contributed by atoms with Crippen molar-refractivity contribution in [2.24, 2.45) is 0 Å². The molecule has 0 atom stereocenters. The first-order chi connectivity index (χ1) is 7.65. The number of halogens is 3. The quantitative estimate of drug-likeness (QED) is 0.464. The van der Waals surface area contributed by atoms with Crippen LogP contribution < -0.4 is 4.74 Å². The van der Waals surface area contributed by atoms with Crippen molar-refractivity contribution in [2.75, 3.05) is 12.4 Å². The molecule has 0 N–H and O–H groups in total. The highest BCUT2D eigenvalue weighted by Gasteiger charge is 2.07. The minimum absolute atomic E-state index is 0.743. The number of benzene rings is 1. The Balaban J connectivity index is 2.47. The van der Waals surface area contributed by atoms with Gasteiger partial charge in [-0.15, -0.1) is 0 Å². The van der Waals surface area contributed by atoms with E-state index in [0.717, 1.165) is 50.8 Å². The third-order valence-corrected chi connectivity index (χ3v) is 3.96. The van der Waals surface area contributed by atoms with Gasteiger partial charge in [0.15, 0.2) is 0 Å². The van der Waals surface area contributed by atoms with Crippen LogP contribution in [0.1, 0.15) is 19.3 Å². The molecule has 5 heteroatoms. The molecule has 0 heterocycles. The molecule has 0 unspecified atom stereocenters. The number of hydrogen-bond donors (Lipinski definition) is 1. The van der Waals surface area contributed by atoms with Crippen LogP contribution in [0.5, 0.6) is 5.75 Å². The van der Waals surface area contributed by atoms with Gasteiger partial charge in [-0.2, -0.15) is 12.6 Å². The lowest BCUT2D eigenvalue weighted by Crippen LogP contribution is -1.99. The van der Waals surface area contributed by atoms with Gasteiger partial charge in [0.1, 0.15) is 5.75 Å². The van der Waals surface area contributed by atoms with Gasteiger partial charge in [0.05, 0.1) is 15.6 Å². The lowest BCUT2D eigenvalue weighted by Gasteiger charge is -2.10. The van der Waals surface area contributed by atoms with E-state index in [2.05, 4.69) is 60.4 Å². The lowest BCUT2D eigenvalue weighted by atomic mass is 10.3. The van der Waals surface area contributed by atoms with Crippen molar-refractivity contribution in [2.45, 2.75) is 19.3 Å². The molecule has 1 aromatic rings. The minimum Gasteiger partial charge on any atom is -0.491 e. The molecule has 0 bridgehead atoms. The van der Waals surface area contributed by atoms with Crippen LogP contribution in [0.15, 0.2) is 25.6 Å². The number of ether oxygens (including phenoxy) is 1. The molecule has 0 aliphatic heterocycles. The van der Waals surface area contributed by atoms with Gasteiger partial charge in [-0.3, -0.25) is 0 Å². The summed E-state index contributed by atoms with van der Waals surface area (Å²) in [6.07, 6.45) is 3.37. The van der Waals surface area contributed by atoms with E-state index in [1.54, 1.807) is 0 Å². The highest BCUT2D eigenvalue weighted by atomic mass is 79.9. The van der Waals surface area contributed by atoms with Crippen molar-refractivity contribution in [1.82, 2.24) is 0 Å². The van der Waals surface area contributed by atoms with Gasteiger partial charge in [-0.25, -0.2) is 0 Å². The van der Waals surface area contributed by atoms with Gasteiger partial charge >= 0.3 is 0 Å². The van der Waals surface area contributed by atoms with Crippen molar-refractivity contribution < 1.29 is 4.74 Å². The third-order valence-electron chi connectivity index (χ3n) is 2.01. The Bertz CT molecular complexity index is 321. The fourth-order valence-corrected chi connectivity index (χ4v) is 3.94. The van der Waals surface area contributed by atoms with Crippen LogP contribution in [0.25, 0.3) is 0 Å². The first kappa shape index (κ1) is 14.9. The maximum atomic E-state index is 5.73. The van der Waals surface area contributed by atoms with Crippen LogP contribution in [0.2, 0.25) is 0 Å². The Morgan fingerprint density at radius 2 is 1.62 bits per heavy atom. The summed E-state index contributed by atoms with van der Waals surface area (Å²) in [6.45, 7) is 0.743. The van der Waals surface area contributed by atoms with Gasteiger partial charge < -0.3 is 4.74 Å². The molecule has 1 aromatic carbocycles. The van der Waals surface area contributed by atoms with Crippen molar-refractivity contribution in [3.05, 3.63) is 25.6 Å². The van der Waals surface area contributed by atoms with Gasteiger partial charge in [-0.1, -0.05) is 15.9 Å². The number of hydrogen-bond acceptors (Lipinski definition) is 2. The van der Waals surface area contributed by atoms with E-state index >= 15 is 0 Å². The normalized spacial score (nSPS) is 10.5. The summed E-state index contributed by atoms with van der Waals surface area (Å²) >= 11 is 14.6. The minimum atomic E-state index is 0.743. The van der Waals surface area contributed by atoms with Crippen LogP contribution in [-0.4, -0.2) is 12.4 Å². The summed E-state index contributed by atoms with van der Waals surface area (Å²) in [7, 11) is 0. The number of thiol groups is 1. The van der Waals surface area contributed by atoms with E-state index in [-0.39, 0.29) is 0 Å². The molecule has 1 rings (SSSR count). The third kappa shape index (κ3) is 4.98. The molecule has 1 nitrogen and oxygen atoms in total. The Kier molecular flexibility index (Phi) is 7.44. The van der Waals surface area contributed by atoms with Gasteiger partial charge in [0.2, 0.25) is 0 Å². The summed E-state index contributed by atoms with van der Waals surface area (Å²) in [5, 5.41) is 0. The van der Waals surface area contributed by atoms with E-state index in [1.807, 2.05) is 12.1 Å². The lowest BCUT2D eigenvalue weighted by molar-refractivity contribution is 0.303. The largest absolute Gasteiger partial charge is 0.491 e. The SMILES string of the molecule is SCCCCCOc1c(Br)cc(Br)cc1Br. The van der Waals surface area contributed by atoms with Crippen LogP contribution in [-0.2, 0) is 0 Å². The van der Waals surface area contributed by atoms with Crippen LogP contribution >= 0.6 is 60.4 Å². The summed E-state index contributed by atoms with van der Waals surface area (Å²) in [5.41, 5.74) is 0. The first-order valence-corrected chi connectivity index (χ1v) is 8.04. The number of rotatable bonds is 6. The summed E-state index contributed by atoms with van der Waals surface area (Å²) in [5.74, 6) is 1.82. The molecule has 0 aliphatic rings. The molecular weight excluding hydrogens is 420 g/mol. The molecular formula is C11H13Br3OS. The van der Waals surface area contributed by atoms with E-state index in [4.69, 9.17) is 4.74 Å². The smallest absolute Gasteiger partial charge is 0.147 e. The van der Waals surface area contributed by atoms with Crippen LogP contribution in [0, 0.1) is 0 Å². The standard InChI is InChI=1S/C11H13Br3OS/c12-8-6-9(13)11(10(14)7-8)15-4-2-1-3-5-16/h6-7,16H,1-5H2. The monoisotopic (exact) mass is 430 g/mol. The summed E-state index contributed by atoms with van der Waals surface area (Å²) in [6, 6.07) is 3.96. The average molecular weight is 433 g/mol. The predicted molar refractivity (Wildman–Crippen MR) is 82.7 cm³/mol. The zero-order valence-corrected chi connectivity index (χ0v) is 14.3. The second kappa shape index (κ2) is 8.01. The highest BCUT2D eigenvalue weighted by molar-refractivity contribution is 9.11. The van der Waals surface area contributed by atoms with Gasteiger partial charge in [0, 0.05) is 4.47 Å². The molecule has 0 radical (unpaired) electrons. The van der Waals surface area contributed by atoms with E-state index in [0.29, 0.717) is 0 Å². The molecule has 0 fully saturated rings. The van der Waals surface area contributed by atoms with E-state index < -0.39 is 0 Å². The Hall–Kier alpha value is 0.810. The Labute approximate surface area is 127 Å². The first-order valence-electron chi connectivity index (χ1n) is 5.03. The Morgan fingerprint density at radius 1 is 1.00 bits per heavy atom. The molecule has 0 aliphatic carbocycles. The van der Waals surface area contributed by atoms with Crippen molar-refractivity contribution in [3.63, 3.8) is 0 Å². The summed E-state index contributed by atoms with van der Waals surface area (Å²) in [4.78, 5) is 0. The van der Waals surface area contributed by atoms with E-state index in [9.17, 15) is 0 Å². The second-order valence-corrected chi connectivity index (χ2v) is 6.40. The Morgan fingerprint density at radius 3 is 2.19 bits per heavy atom. The highest BCUT2D eigenvalue weighted by Crippen LogP contribution is 2.36. The van der Waals surface area contributed by atoms with Crippen LogP contribution in [0.4, 0.5) is 0 Å². The van der Waals surface area contributed by atoms with Crippen molar-refractivity contribution >= 4 is 60.4 Å². The van der Waals surface area contributed by atoms with E-state index in [1.165, 1.54) is 0 Å². The van der Waals surface area contributed by atoms with Gasteiger partial charge in [0.25, 0.3) is 0 Å². The molecule has 0 saturated heterocycles.